The molecule has 0 radical (unpaired) electrons. The van der Waals surface area contributed by atoms with Gasteiger partial charge in [0.2, 0.25) is 5.91 Å². The van der Waals surface area contributed by atoms with Crippen LogP contribution in [0.1, 0.15) is 79.9 Å². The average Bonchev–Trinajstić information content (AvgIpc) is 3.62. The van der Waals surface area contributed by atoms with Gasteiger partial charge in [-0.15, -0.1) is 11.3 Å². The van der Waals surface area contributed by atoms with Crippen LogP contribution in [0.2, 0.25) is 0 Å². The molecular weight excluding hydrogens is 663 g/mol. The summed E-state index contributed by atoms with van der Waals surface area (Å²) in [5.41, 5.74) is 8.00. The summed E-state index contributed by atoms with van der Waals surface area (Å²) >= 11 is 1.40. The molecule has 4 aromatic rings. The third-order valence-electron chi connectivity index (χ3n) is 9.32. The molecule has 10 nitrogen and oxygen atoms in total. The molecule has 51 heavy (non-hydrogen) atoms. The number of ether oxygens (including phenoxy) is 1. The molecule has 1 fully saturated rings. The molecule has 1 atom stereocenters. The molecule has 2 amide bonds. The van der Waals surface area contributed by atoms with Gasteiger partial charge in [0.15, 0.2) is 5.82 Å². The molecule has 1 aliphatic heterocycles. The zero-order valence-electron chi connectivity index (χ0n) is 30.0. The number of rotatable bonds is 16. The molecule has 270 valence electrons. The summed E-state index contributed by atoms with van der Waals surface area (Å²) in [5, 5.41) is 12.6. The van der Waals surface area contributed by atoms with Crippen LogP contribution in [0, 0.1) is 5.41 Å². The SMILES string of the molecule is CCCCCCCOc1ccc(-c2cnc(-c3ccc(C[C@H](NC(=O)c4ccc(C(C)(C)C)s4)C(=O)N4CC(CN)(C(=O)O)C4)cc3)nc2)cc1. The molecule has 11 heteroatoms. The van der Waals surface area contributed by atoms with Crippen molar-refractivity contribution in [2.75, 3.05) is 26.2 Å². The number of nitrogens with two attached hydrogens (primary N) is 1. The smallest absolute Gasteiger partial charge is 0.314 e. The minimum absolute atomic E-state index is 0.000594. The van der Waals surface area contributed by atoms with Crippen molar-refractivity contribution in [1.29, 1.82) is 0 Å². The van der Waals surface area contributed by atoms with E-state index in [9.17, 15) is 19.5 Å². The predicted octanol–water partition coefficient (Wildman–Crippen LogP) is 6.73. The highest BCUT2D eigenvalue weighted by Crippen LogP contribution is 2.32. The maximum Gasteiger partial charge on any atom is 0.314 e. The van der Waals surface area contributed by atoms with Gasteiger partial charge in [-0.05, 0) is 47.2 Å². The quantitative estimate of drug-likeness (QED) is 0.108. The van der Waals surface area contributed by atoms with E-state index in [-0.39, 0.29) is 43.3 Å². The van der Waals surface area contributed by atoms with Gasteiger partial charge in [0.25, 0.3) is 5.91 Å². The van der Waals surface area contributed by atoms with Gasteiger partial charge in [-0.3, -0.25) is 14.4 Å². The van der Waals surface area contributed by atoms with Crippen LogP contribution in [0.5, 0.6) is 5.75 Å². The zero-order chi connectivity index (χ0) is 36.6. The Balaban J connectivity index is 1.24. The first-order valence-corrected chi connectivity index (χ1v) is 18.5. The molecule has 0 aliphatic carbocycles. The lowest BCUT2D eigenvalue weighted by Crippen LogP contribution is -2.67. The van der Waals surface area contributed by atoms with Crippen molar-refractivity contribution in [2.24, 2.45) is 11.1 Å². The number of aliphatic carboxylic acids is 1. The van der Waals surface area contributed by atoms with Crippen molar-refractivity contribution >= 4 is 29.1 Å². The van der Waals surface area contributed by atoms with Gasteiger partial charge in [0.05, 0.1) is 11.5 Å². The van der Waals surface area contributed by atoms with E-state index >= 15 is 0 Å². The van der Waals surface area contributed by atoms with Gasteiger partial charge in [0, 0.05) is 54.5 Å². The van der Waals surface area contributed by atoms with E-state index in [1.807, 2.05) is 54.6 Å². The number of carboxylic acid groups (broad SMARTS) is 1. The van der Waals surface area contributed by atoms with Crippen LogP contribution in [0.15, 0.2) is 73.1 Å². The molecule has 0 bridgehead atoms. The number of unbranched alkanes of at least 4 members (excludes halogenated alkanes) is 4. The van der Waals surface area contributed by atoms with Crippen molar-refractivity contribution in [3.63, 3.8) is 0 Å². The fourth-order valence-corrected chi connectivity index (χ4v) is 6.96. The first kappa shape index (κ1) is 37.6. The van der Waals surface area contributed by atoms with E-state index < -0.39 is 17.4 Å². The number of thiophene rings is 1. The third kappa shape index (κ3) is 9.39. The summed E-state index contributed by atoms with van der Waals surface area (Å²) in [6, 6.07) is 18.3. The van der Waals surface area contributed by atoms with Gasteiger partial charge >= 0.3 is 5.97 Å². The Morgan fingerprint density at radius 1 is 0.922 bits per heavy atom. The standard InChI is InChI=1S/C40H49N5O5S/c1-5-6-7-8-9-20-50-31-16-14-28(15-17-31)30-22-42-35(43-23-30)29-12-10-27(11-13-29)21-32(37(47)45-25-40(24-41,26-45)38(48)49)44-36(46)33-18-19-34(51-33)39(2,3)4/h10-19,22-23,32H,5-9,20-21,24-26,41H2,1-4H3,(H,44,46)(H,48,49)/t32-/m0/s1. The van der Waals surface area contributed by atoms with Crippen molar-refractivity contribution in [1.82, 2.24) is 20.2 Å². The van der Waals surface area contributed by atoms with Gasteiger partial charge < -0.3 is 25.8 Å². The van der Waals surface area contributed by atoms with Gasteiger partial charge in [-0.2, -0.15) is 0 Å². The molecule has 0 unspecified atom stereocenters. The van der Waals surface area contributed by atoms with Gasteiger partial charge in [0.1, 0.15) is 17.2 Å². The van der Waals surface area contributed by atoms with Crippen LogP contribution in [0.25, 0.3) is 22.5 Å². The minimum Gasteiger partial charge on any atom is -0.494 e. The van der Waals surface area contributed by atoms with E-state index in [4.69, 9.17) is 10.5 Å². The number of carboxylic acids is 1. The molecule has 3 heterocycles. The van der Waals surface area contributed by atoms with Crippen molar-refractivity contribution in [3.05, 3.63) is 88.4 Å². The number of amides is 2. The van der Waals surface area contributed by atoms with Crippen LogP contribution in [0.3, 0.4) is 0 Å². The van der Waals surface area contributed by atoms with E-state index in [1.165, 1.54) is 41.9 Å². The van der Waals surface area contributed by atoms with Crippen LogP contribution in [-0.4, -0.2) is 70.0 Å². The lowest BCUT2D eigenvalue weighted by molar-refractivity contribution is -0.165. The minimum atomic E-state index is -1.16. The number of carbonyl (C=O) groups excluding carboxylic acids is 2. The Morgan fingerprint density at radius 2 is 1.57 bits per heavy atom. The normalized spacial score (nSPS) is 14.4. The maximum atomic E-state index is 13.7. The second kappa shape index (κ2) is 16.6. The molecule has 2 aromatic heterocycles. The van der Waals surface area contributed by atoms with E-state index in [0.29, 0.717) is 10.7 Å². The highest BCUT2D eigenvalue weighted by molar-refractivity contribution is 7.14. The van der Waals surface area contributed by atoms with Crippen LogP contribution < -0.4 is 15.8 Å². The Kier molecular flexibility index (Phi) is 12.3. The number of nitrogens with one attached hydrogen (secondary N) is 1. The summed E-state index contributed by atoms with van der Waals surface area (Å²) in [7, 11) is 0. The number of carbonyl (C=O) groups is 3. The fourth-order valence-electron chi connectivity index (χ4n) is 6.00. The summed E-state index contributed by atoms with van der Waals surface area (Å²) in [6.07, 6.45) is 9.82. The highest BCUT2D eigenvalue weighted by Gasteiger charge is 2.51. The third-order valence-corrected chi connectivity index (χ3v) is 10.8. The zero-order valence-corrected chi connectivity index (χ0v) is 30.8. The largest absolute Gasteiger partial charge is 0.494 e. The Bertz CT molecular complexity index is 1780. The molecule has 0 saturated carbocycles. The first-order chi connectivity index (χ1) is 24.4. The average molecular weight is 712 g/mol. The van der Waals surface area contributed by atoms with Crippen LogP contribution >= 0.6 is 11.3 Å². The second-order valence-electron chi connectivity index (χ2n) is 14.4. The summed E-state index contributed by atoms with van der Waals surface area (Å²) in [5.74, 6) is -0.298. The Hall–Kier alpha value is -4.61. The summed E-state index contributed by atoms with van der Waals surface area (Å²) < 4.78 is 5.89. The van der Waals surface area contributed by atoms with Crippen molar-refractivity contribution < 1.29 is 24.2 Å². The Morgan fingerprint density at radius 3 is 2.16 bits per heavy atom. The van der Waals surface area contributed by atoms with E-state index in [2.05, 4.69) is 43.0 Å². The van der Waals surface area contributed by atoms with E-state index in [1.54, 1.807) is 18.5 Å². The number of nitrogens with zero attached hydrogens (tertiary/aromatic N) is 3. The molecule has 1 aliphatic rings. The monoisotopic (exact) mass is 711 g/mol. The molecule has 1 saturated heterocycles. The molecule has 0 spiro atoms. The van der Waals surface area contributed by atoms with Crippen molar-refractivity contribution in [3.8, 4) is 28.3 Å². The number of benzene rings is 2. The number of hydrogen-bond donors (Lipinski definition) is 3. The maximum absolute atomic E-state index is 13.7. The lowest BCUT2D eigenvalue weighted by atomic mass is 9.79. The van der Waals surface area contributed by atoms with Gasteiger partial charge in [-0.25, -0.2) is 9.97 Å². The topological polar surface area (TPSA) is 148 Å². The lowest BCUT2D eigenvalue weighted by Gasteiger charge is -2.47. The highest BCUT2D eigenvalue weighted by atomic mass is 32.1. The van der Waals surface area contributed by atoms with Crippen LogP contribution in [0.4, 0.5) is 0 Å². The summed E-state index contributed by atoms with van der Waals surface area (Å²) in [6.45, 7) is 9.11. The van der Waals surface area contributed by atoms with Crippen LogP contribution in [-0.2, 0) is 21.4 Å². The fraction of sp³-hybridized carbons (Fsp3) is 0.425. The first-order valence-electron chi connectivity index (χ1n) is 17.7. The number of aromatic nitrogens is 2. The molecule has 4 N–H and O–H groups in total. The molecular formula is C40H49N5O5S. The molecule has 2 aromatic carbocycles. The Labute approximate surface area is 304 Å². The molecule has 5 rings (SSSR count). The van der Waals surface area contributed by atoms with E-state index in [0.717, 1.165) is 45.9 Å². The number of likely N-dealkylation sites (tertiary alicyclic amines) is 1. The summed E-state index contributed by atoms with van der Waals surface area (Å²) in [4.78, 5) is 51.1. The second-order valence-corrected chi connectivity index (χ2v) is 15.5. The van der Waals surface area contributed by atoms with Crippen molar-refractivity contribution in [2.45, 2.75) is 77.7 Å². The van der Waals surface area contributed by atoms with Gasteiger partial charge in [-0.1, -0.05) is 89.8 Å². The number of hydrogen-bond acceptors (Lipinski definition) is 8. The predicted molar refractivity (Wildman–Crippen MR) is 201 cm³/mol.